The quantitative estimate of drug-likeness (QED) is 0.925. The van der Waals surface area contributed by atoms with E-state index in [1.807, 2.05) is 30.1 Å². The first kappa shape index (κ1) is 12.6. The fraction of sp³-hybridized carbons (Fsp3) is 0.462. The number of hydrogen-bond acceptors (Lipinski definition) is 2. The maximum Gasteiger partial charge on any atom is 0.227 e. The van der Waals surface area contributed by atoms with Gasteiger partial charge < -0.3 is 10.2 Å². The van der Waals surface area contributed by atoms with Crippen molar-refractivity contribution in [3.63, 3.8) is 0 Å². The lowest BCUT2D eigenvalue weighted by Crippen LogP contribution is -2.33. The SMILES string of the molecule is CN(Cc1cccc(Br)c1)C(=O)C1CCNC1. The molecule has 3 nitrogen and oxygen atoms in total. The number of rotatable bonds is 3. The summed E-state index contributed by atoms with van der Waals surface area (Å²) in [4.78, 5) is 13.9. The summed E-state index contributed by atoms with van der Waals surface area (Å²) in [5, 5.41) is 3.23. The minimum Gasteiger partial charge on any atom is -0.341 e. The van der Waals surface area contributed by atoms with Crippen molar-refractivity contribution in [1.82, 2.24) is 10.2 Å². The first-order chi connectivity index (χ1) is 8.16. The standard InChI is InChI=1S/C13H17BrN2O/c1-16(13(17)11-5-6-15-8-11)9-10-3-2-4-12(14)7-10/h2-4,7,11,15H,5-6,8-9H2,1H3. The van der Waals surface area contributed by atoms with Crippen LogP contribution in [0.15, 0.2) is 28.7 Å². The molecule has 0 radical (unpaired) electrons. The lowest BCUT2D eigenvalue weighted by molar-refractivity contribution is -0.134. The summed E-state index contributed by atoms with van der Waals surface area (Å²) in [6, 6.07) is 8.08. The average molecular weight is 297 g/mol. The molecule has 0 spiro atoms. The summed E-state index contributed by atoms with van der Waals surface area (Å²) in [7, 11) is 1.88. The van der Waals surface area contributed by atoms with Crippen molar-refractivity contribution in [1.29, 1.82) is 0 Å². The summed E-state index contributed by atoms with van der Waals surface area (Å²) < 4.78 is 1.05. The number of nitrogens with zero attached hydrogens (tertiary/aromatic N) is 1. The largest absolute Gasteiger partial charge is 0.341 e. The fourth-order valence-corrected chi connectivity index (χ4v) is 2.61. The second-order valence-corrected chi connectivity index (χ2v) is 5.43. The first-order valence-electron chi connectivity index (χ1n) is 5.87. The molecule has 1 saturated heterocycles. The third kappa shape index (κ3) is 3.30. The highest BCUT2D eigenvalue weighted by molar-refractivity contribution is 9.10. The van der Waals surface area contributed by atoms with Gasteiger partial charge in [-0.15, -0.1) is 0 Å². The lowest BCUT2D eigenvalue weighted by atomic mass is 10.1. The van der Waals surface area contributed by atoms with Gasteiger partial charge in [0.2, 0.25) is 5.91 Å². The predicted octanol–water partition coefficient (Wildman–Crippen LogP) is 2.02. The Labute approximate surface area is 110 Å². The number of carbonyl (C=O) groups is 1. The normalized spacial score (nSPS) is 19.3. The van der Waals surface area contributed by atoms with Gasteiger partial charge >= 0.3 is 0 Å². The second kappa shape index (κ2) is 5.65. The van der Waals surface area contributed by atoms with E-state index in [0.29, 0.717) is 6.54 Å². The molecule has 17 heavy (non-hydrogen) atoms. The summed E-state index contributed by atoms with van der Waals surface area (Å²) in [6.45, 7) is 2.46. The van der Waals surface area contributed by atoms with E-state index in [-0.39, 0.29) is 11.8 Å². The number of halogens is 1. The van der Waals surface area contributed by atoms with Gasteiger partial charge in [-0.3, -0.25) is 4.79 Å². The Kier molecular flexibility index (Phi) is 4.18. The van der Waals surface area contributed by atoms with Crippen LogP contribution in [0.5, 0.6) is 0 Å². The highest BCUT2D eigenvalue weighted by atomic mass is 79.9. The molecule has 1 amide bonds. The van der Waals surface area contributed by atoms with Crippen LogP contribution in [-0.4, -0.2) is 30.9 Å². The number of benzene rings is 1. The molecule has 1 N–H and O–H groups in total. The van der Waals surface area contributed by atoms with Crippen LogP contribution in [0.2, 0.25) is 0 Å². The molecule has 1 heterocycles. The third-order valence-electron chi connectivity index (χ3n) is 3.09. The maximum absolute atomic E-state index is 12.1. The molecule has 1 aromatic rings. The molecule has 1 fully saturated rings. The van der Waals surface area contributed by atoms with E-state index in [1.54, 1.807) is 0 Å². The van der Waals surface area contributed by atoms with Crippen LogP contribution in [0.4, 0.5) is 0 Å². The molecular weight excluding hydrogens is 280 g/mol. The van der Waals surface area contributed by atoms with Crippen molar-refractivity contribution in [2.24, 2.45) is 5.92 Å². The molecule has 1 aromatic carbocycles. The van der Waals surface area contributed by atoms with Crippen LogP contribution >= 0.6 is 15.9 Å². The van der Waals surface area contributed by atoms with Gasteiger partial charge in [0.1, 0.15) is 0 Å². The van der Waals surface area contributed by atoms with E-state index < -0.39 is 0 Å². The van der Waals surface area contributed by atoms with Gasteiger partial charge in [-0.2, -0.15) is 0 Å². The molecule has 92 valence electrons. The van der Waals surface area contributed by atoms with E-state index in [2.05, 4.69) is 27.3 Å². The van der Waals surface area contributed by atoms with Gasteiger partial charge in [-0.1, -0.05) is 28.1 Å². The van der Waals surface area contributed by atoms with Crippen LogP contribution in [0.3, 0.4) is 0 Å². The topological polar surface area (TPSA) is 32.3 Å². The first-order valence-corrected chi connectivity index (χ1v) is 6.66. The highest BCUT2D eigenvalue weighted by Gasteiger charge is 2.25. The molecular formula is C13H17BrN2O. The van der Waals surface area contributed by atoms with Gasteiger partial charge in [0.15, 0.2) is 0 Å². The number of carbonyl (C=O) groups excluding carboxylic acids is 1. The molecule has 0 aliphatic carbocycles. The Hall–Kier alpha value is -0.870. The van der Waals surface area contributed by atoms with Crippen LogP contribution in [-0.2, 0) is 11.3 Å². The third-order valence-corrected chi connectivity index (χ3v) is 3.59. The summed E-state index contributed by atoms with van der Waals surface area (Å²) in [5.41, 5.74) is 1.15. The monoisotopic (exact) mass is 296 g/mol. The van der Waals surface area contributed by atoms with Crippen molar-refractivity contribution in [3.8, 4) is 0 Å². The van der Waals surface area contributed by atoms with Crippen LogP contribution in [0, 0.1) is 5.92 Å². The van der Waals surface area contributed by atoms with E-state index in [4.69, 9.17) is 0 Å². The van der Waals surface area contributed by atoms with Crippen LogP contribution in [0.25, 0.3) is 0 Å². The molecule has 2 rings (SSSR count). The van der Waals surface area contributed by atoms with Crippen molar-refractivity contribution >= 4 is 21.8 Å². The zero-order valence-corrected chi connectivity index (χ0v) is 11.5. The predicted molar refractivity (Wildman–Crippen MR) is 71.6 cm³/mol. The molecule has 4 heteroatoms. The Morgan fingerprint density at radius 3 is 3.06 bits per heavy atom. The van der Waals surface area contributed by atoms with Crippen LogP contribution in [0.1, 0.15) is 12.0 Å². The van der Waals surface area contributed by atoms with Crippen molar-refractivity contribution in [2.45, 2.75) is 13.0 Å². The number of nitrogens with one attached hydrogen (secondary N) is 1. The summed E-state index contributed by atoms with van der Waals surface area (Å²) in [6.07, 6.45) is 0.960. The van der Waals surface area contributed by atoms with Gasteiger partial charge in [0, 0.05) is 24.6 Å². The Bertz CT molecular complexity index is 402. The lowest BCUT2D eigenvalue weighted by Gasteiger charge is -2.20. The minimum absolute atomic E-state index is 0.159. The molecule has 1 aliphatic rings. The number of hydrogen-bond donors (Lipinski definition) is 1. The Morgan fingerprint density at radius 1 is 1.59 bits per heavy atom. The van der Waals surface area contributed by atoms with Gasteiger partial charge in [-0.05, 0) is 30.7 Å². The van der Waals surface area contributed by atoms with Crippen molar-refractivity contribution in [2.75, 3.05) is 20.1 Å². The highest BCUT2D eigenvalue weighted by Crippen LogP contribution is 2.15. The fourth-order valence-electron chi connectivity index (χ4n) is 2.16. The second-order valence-electron chi connectivity index (χ2n) is 4.51. The van der Waals surface area contributed by atoms with Crippen molar-refractivity contribution in [3.05, 3.63) is 34.3 Å². The smallest absolute Gasteiger partial charge is 0.227 e. The van der Waals surface area contributed by atoms with Crippen LogP contribution < -0.4 is 5.32 Å². The zero-order chi connectivity index (χ0) is 12.3. The van der Waals surface area contributed by atoms with Gasteiger partial charge in [0.05, 0.1) is 5.92 Å². The molecule has 0 bridgehead atoms. The summed E-state index contributed by atoms with van der Waals surface area (Å²) in [5.74, 6) is 0.405. The Morgan fingerprint density at radius 2 is 2.41 bits per heavy atom. The maximum atomic E-state index is 12.1. The molecule has 1 aliphatic heterocycles. The van der Waals surface area contributed by atoms with Gasteiger partial charge in [-0.25, -0.2) is 0 Å². The summed E-state index contributed by atoms with van der Waals surface area (Å²) >= 11 is 3.44. The van der Waals surface area contributed by atoms with Gasteiger partial charge in [0.25, 0.3) is 0 Å². The molecule has 0 saturated carbocycles. The van der Waals surface area contributed by atoms with E-state index in [1.165, 1.54) is 0 Å². The molecule has 1 unspecified atom stereocenters. The van der Waals surface area contributed by atoms with Crippen molar-refractivity contribution < 1.29 is 4.79 Å². The van der Waals surface area contributed by atoms with E-state index in [0.717, 1.165) is 29.5 Å². The zero-order valence-electron chi connectivity index (χ0n) is 9.95. The van der Waals surface area contributed by atoms with E-state index in [9.17, 15) is 4.79 Å². The minimum atomic E-state index is 0.159. The average Bonchev–Trinajstić information content (AvgIpc) is 2.81. The van der Waals surface area contributed by atoms with E-state index >= 15 is 0 Å². The molecule has 1 atom stereocenters. The number of amides is 1. The molecule has 0 aromatic heterocycles. The Balaban J connectivity index is 1.96.